The van der Waals surface area contributed by atoms with Crippen LogP contribution in [0.15, 0.2) is 12.4 Å². The zero-order valence-corrected chi connectivity index (χ0v) is 6.66. The molecule has 1 amide bonds. The predicted octanol–water partition coefficient (Wildman–Crippen LogP) is 0.782. The summed E-state index contributed by atoms with van der Waals surface area (Å²) in [7, 11) is 0. The van der Waals surface area contributed by atoms with Crippen molar-refractivity contribution in [2.24, 2.45) is 0 Å². The zero-order chi connectivity index (χ0) is 8.27. The molecule has 0 aliphatic carbocycles. The van der Waals surface area contributed by atoms with Gasteiger partial charge in [0.2, 0.25) is 11.9 Å². The Balaban J connectivity index is 2.79. The van der Waals surface area contributed by atoms with Gasteiger partial charge in [-0.05, 0) is 6.92 Å². The van der Waals surface area contributed by atoms with Gasteiger partial charge < -0.3 is 4.98 Å². The summed E-state index contributed by atoms with van der Waals surface area (Å²) in [5.41, 5.74) is 0. The van der Waals surface area contributed by atoms with Crippen LogP contribution >= 0.6 is 0 Å². The van der Waals surface area contributed by atoms with Crippen LogP contribution in [0.3, 0.4) is 0 Å². The number of hydrogen-bond acceptors (Lipinski definition) is 2. The topological polar surface area (TPSA) is 49.0 Å². The van der Waals surface area contributed by atoms with Gasteiger partial charge in [0, 0.05) is 25.9 Å². The Morgan fingerprint density at radius 2 is 2.55 bits per heavy atom. The number of hydrogen-bond donors (Lipinski definition) is 1. The first kappa shape index (κ1) is 7.78. The molecule has 1 rings (SSSR count). The molecule has 11 heavy (non-hydrogen) atoms. The van der Waals surface area contributed by atoms with E-state index in [9.17, 15) is 4.79 Å². The first-order valence-corrected chi connectivity index (χ1v) is 3.53. The average Bonchev–Trinajstić information content (AvgIpc) is 2.40. The van der Waals surface area contributed by atoms with Gasteiger partial charge >= 0.3 is 0 Å². The fraction of sp³-hybridized carbons (Fsp3) is 0.429. The molecule has 1 aromatic heterocycles. The van der Waals surface area contributed by atoms with Crippen LogP contribution in [-0.2, 0) is 4.79 Å². The molecule has 0 bridgehead atoms. The van der Waals surface area contributed by atoms with Gasteiger partial charge in [-0.2, -0.15) is 0 Å². The molecule has 60 valence electrons. The second kappa shape index (κ2) is 3.18. The third kappa shape index (κ3) is 1.58. The van der Waals surface area contributed by atoms with Crippen molar-refractivity contribution in [2.75, 3.05) is 11.4 Å². The molecule has 4 heteroatoms. The number of carbonyl (C=O) groups excluding carboxylic acids is 1. The standard InChI is InChI=1S/C7H11N3O/c1-3-10(6(2)11)7-8-4-5-9-7/h4-5H,3H2,1-2H3,(H,8,9). The molecule has 0 atom stereocenters. The van der Waals surface area contributed by atoms with E-state index in [0.29, 0.717) is 12.5 Å². The van der Waals surface area contributed by atoms with Gasteiger partial charge in [-0.1, -0.05) is 0 Å². The quantitative estimate of drug-likeness (QED) is 0.682. The van der Waals surface area contributed by atoms with E-state index in [1.807, 2.05) is 6.92 Å². The Hall–Kier alpha value is -1.32. The maximum Gasteiger partial charge on any atom is 0.226 e. The van der Waals surface area contributed by atoms with Gasteiger partial charge in [-0.25, -0.2) is 4.98 Å². The number of nitrogens with zero attached hydrogens (tertiary/aromatic N) is 2. The molecule has 4 nitrogen and oxygen atoms in total. The Morgan fingerprint density at radius 1 is 1.82 bits per heavy atom. The van der Waals surface area contributed by atoms with E-state index >= 15 is 0 Å². The number of aromatic amines is 1. The highest BCUT2D eigenvalue weighted by molar-refractivity contribution is 5.89. The second-order valence-electron chi connectivity index (χ2n) is 2.18. The van der Waals surface area contributed by atoms with Crippen molar-refractivity contribution in [2.45, 2.75) is 13.8 Å². The molecule has 1 heterocycles. The summed E-state index contributed by atoms with van der Waals surface area (Å²) in [5.74, 6) is 0.613. The molecule has 0 spiro atoms. The molecule has 0 aliphatic rings. The Bertz CT molecular complexity index is 230. The van der Waals surface area contributed by atoms with Crippen molar-refractivity contribution >= 4 is 11.9 Å². The largest absolute Gasteiger partial charge is 0.331 e. The van der Waals surface area contributed by atoms with Crippen molar-refractivity contribution in [1.29, 1.82) is 0 Å². The minimum absolute atomic E-state index is 0.00227. The van der Waals surface area contributed by atoms with Gasteiger partial charge in [0.1, 0.15) is 0 Å². The van der Waals surface area contributed by atoms with Crippen molar-refractivity contribution in [3.05, 3.63) is 12.4 Å². The first-order chi connectivity index (χ1) is 5.25. The third-order valence-corrected chi connectivity index (χ3v) is 1.44. The van der Waals surface area contributed by atoms with Gasteiger partial charge in [0.05, 0.1) is 0 Å². The van der Waals surface area contributed by atoms with Gasteiger partial charge in [-0.15, -0.1) is 0 Å². The van der Waals surface area contributed by atoms with Gasteiger partial charge in [0.25, 0.3) is 0 Å². The molecule has 0 saturated carbocycles. The van der Waals surface area contributed by atoms with Crippen LogP contribution in [0.4, 0.5) is 5.95 Å². The summed E-state index contributed by atoms with van der Waals surface area (Å²) in [6.07, 6.45) is 3.32. The van der Waals surface area contributed by atoms with Gasteiger partial charge in [0.15, 0.2) is 0 Å². The molecule has 1 N–H and O–H groups in total. The van der Waals surface area contributed by atoms with Crippen molar-refractivity contribution in [3.63, 3.8) is 0 Å². The highest BCUT2D eigenvalue weighted by Gasteiger charge is 2.09. The summed E-state index contributed by atoms with van der Waals surface area (Å²) in [6.45, 7) is 4.07. The minimum Gasteiger partial charge on any atom is -0.331 e. The summed E-state index contributed by atoms with van der Waals surface area (Å²) in [5, 5.41) is 0. The Morgan fingerprint density at radius 3 is 2.91 bits per heavy atom. The first-order valence-electron chi connectivity index (χ1n) is 3.53. The van der Waals surface area contributed by atoms with E-state index in [1.165, 1.54) is 6.92 Å². The molecule has 0 aromatic carbocycles. The number of nitrogens with one attached hydrogen (secondary N) is 1. The van der Waals surface area contributed by atoms with Crippen molar-refractivity contribution in [3.8, 4) is 0 Å². The predicted molar refractivity (Wildman–Crippen MR) is 42.3 cm³/mol. The minimum atomic E-state index is 0.00227. The Kier molecular flexibility index (Phi) is 2.25. The van der Waals surface area contributed by atoms with Crippen LogP contribution in [-0.4, -0.2) is 22.4 Å². The number of aromatic nitrogens is 2. The monoisotopic (exact) mass is 153 g/mol. The summed E-state index contributed by atoms with van der Waals surface area (Å²) < 4.78 is 0. The molecular weight excluding hydrogens is 142 g/mol. The second-order valence-corrected chi connectivity index (χ2v) is 2.18. The van der Waals surface area contributed by atoms with E-state index in [4.69, 9.17) is 0 Å². The van der Waals surface area contributed by atoms with Crippen molar-refractivity contribution in [1.82, 2.24) is 9.97 Å². The van der Waals surface area contributed by atoms with E-state index in [0.717, 1.165) is 0 Å². The molecule has 0 unspecified atom stereocenters. The fourth-order valence-electron chi connectivity index (χ4n) is 0.926. The lowest BCUT2D eigenvalue weighted by Gasteiger charge is -2.14. The van der Waals surface area contributed by atoms with Crippen LogP contribution in [0.5, 0.6) is 0 Å². The fourth-order valence-corrected chi connectivity index (χ4v) is 0.926. The number of anilines is 1. The van der Waals surface area contributed by atoms with Crippen molar-refractivity contribution < 1.29 is 4.79 Å². The maximum absolute atomic E-state index is 10.9. The smallest absolute Gasteiger partial charge is 0.226 e. The van der Waals surface area contributed by atoms with Crippen LogP contribution < -0.4 is 4.90 Å². The molecule has 0 radical (unpaired) electrons. The highest BCUT2D eigenvalue weighted by atomic mass is 16.2. The van der Waals surface area contributed by atoms with E-state index in [-0.39, 0.29) is 5.91 Å². The normalized spacial score (nSPS) is 9.64. The van der Waals surface area contributed by atoms with E-state index in [1.54, 1.807) is 17.3 Å². The lowest BCUT2D eigenvalue weighted by Crippen LogP contribution is -2.28. The molecule has 1 aromatic rings. The number of rotatable bonds is 2. The summed E-state index contributed by atoms with van der Waals surface area (Å²) in [6, 6.07) is 0. The summed E-state index contributed by atoms with van der Waals surface area (Å²) >= 11 is 0. The maximum atomic E-state index is 10.9. The van der Waals surface area contributed by atoms with E-state index in [2.05, 4.69) is 9.97 Å². The molecule has 0 saturated heterocycles. The SMILES string of the molecule is CCN(C(C)=O)c1ncc[nH]1. The van der Waals surface area contributed by atoms with Crippen LogP contribution in [0.1, 0.15) is 13.8 Å². The average molecular weight is 153 g/mol. The number of H-pyrrole nitrogens is 1. The molecule has 0 fully saturated rings. The van der Waals surface area contributed by atoms with E-state index < -0.39 is 0 Å². The lowest BCUT2D eigenvalue weighted by atomic mass is 10.5. The molecular formula is C7H11N3O. The Labute approximate surface area is 65.2 Å². The zero-order valence-electron chi connectivity index (χ0n) is 6.66. The summed E-state index contributed by atoms with van der Waals surface area (Å²) in [4.78, 5) is 19.3. The van der Waals surface area contributed by atoms with Crippen LogP contribution in [0, 0.1) is 0 Å². The number of carbonyl (C=O) groups is 1. The molecule has 0 aliphatic heterocycles. The van der Waals surface area contributed by atoms with Gasteiger partial charge in [-0.3, -0.25) is 9.69 Å². The number of imidazole rings is 1. The lowest BCUT2D eigenvalue weighted by molar-refractivity contribution is -0.116. The third-order valence-electron chi connectivity index (χ3n) is 1.44. The van der Waals surface area contributed by atoms with Crippen LogP contribution in [0.25, 0.3) is 0 Å². The number of amides is 1. The van der Waals surface area contributed by atoms with Crippen LogP contribution in [0.2, 0.25) is 0 Å². The highest BCUT2D eigenvalue weighted by Crippen LogP contribution is 2.04.